The summed E-state index contributed by atoms with van der Waals surface area (Å²) in [6, 6.07) is 5.37. The zero-order valence-corrected chi connectivity index (χ0v) is 9.13. The van der Waals surface area contributed by atoms with Crippen LogP contribution in [-0.2, 0) is 0 Å². The van der Waals surface area contributed by atoms with Crippen LogP contribution >= 0.6 is 11.6 Å². The first kappa shape index (κ1) is 10.5. The number of aromatic carboxylic acids is 1. The predicted molar refractivity (Wildman–Crippen MR) is 59.6 cm³/mol. The van der Waals surface area contributed by atoms with Gasteiger partial charge in [0.1, 0.15) is 0 Å². The average molecular weight is 225 g/mol. The van der Waals surface area contributed by atoms with Crippen molar-refractivity contribution in [2.45, 2.75) is 31.6 Å². The number of halogens is 1. The van der Waals surface area contributed by atoms with Gasteiger partial charge < -0.3 is 5.11 Å². The molecule has 0 radical (unpaired) electrons. The largest absolute Gasteiger partial charge is 0.478 e. The van der Waals surface area contributed by atoms with Gasteiger partial charge in [0, 0.05) is 0 Å². The Balaban J connectivity index is 2.45. The summed E-state index contributed by atoms with van der Waals surface area (Å²) in [4.78, 5) is 11.1. The molecule has 80 valence electrons. The summed E-state index contributed by atoms with van der Waals surface area (Å²) in [6.45, 7) is 0. The van der Waals surface area contributed by atoms with Gasteiger partial charge in [-0.05, 0) is 30.4 Å². The van der Waals surface area contributed by atoms with Gasteiger partial charge >= 0.3 is 5.97 Å². The van der Waals surface area contributed by atoms with Gasteiger partial charge in [0.15, 0.2) is 0 Å². The predicted octanol–water partition coefficient (Wildman–Crippen LogP) is 3.70. The normalized spacial score (nSPS) is 16.9. The molecule has 1 aromatic rings. The van der Waals surface area contributed by atoms with E-state index in [-0.39, 0.29) is 0 Å². The third kappa shape index (κ3) is 2.00. The minimum atomic E-state index is -0.914. The molecular formula is C12H13ClO2. The lowest BCUT2D eigenvalue weighted by Gasteiger charge is -2.13. The van der Waals surface area contributed by atoms with Crippen molar-refractivity contribution in [3.05, 3.63) is 34.3 Å². The van der Waals surface area contributed by atoms with Crippen LogP contribution in [0.4, 0.5) is 0 Å². The second-order valence-electron chi connectivity index (χ2n) is 3.99. The lowest BCUT2D eigenvalue weighted by atomic mass is 9.93. The summed E-state index contributed by atoms with van der Waals surface area (Å²) in [5, 5.41) is 9.48. The molecule has 0 unspecified atom stereocenters. The van der Waals surface area contributed by atoms with Crippen molar-refractivity contribution in [1.29, 1.82) is 0 Å². The molecule has 0 atom stereocenters. The topological polar surface area (TPSA) is 37.3 Å². The van der Waals surface area contributed by atoms with Crippen LogP contribution in [0.1, 0.15) is 47.5 Å². The van der Waals surface area contributed by atoms with Crippen molar-refractivity contribution in [2.24, 2.45) is 0 Å². The van der Waals surface area contributed by atoms with Crippen LogP contribution in [0.3, 0.4) is 0 Å². The van der Waals surface area contributed by atoms with Gasteiger partial charge in [0.2, 0.25) is 0 Å². The van der Waals surface area contributed by atoms with Gasteiger partial charge in [-0.2, -0.15) is 0 Å². The smallest absolute Gasteiger partial charge is 0.337 e. The van der Waals surface area contributed by atoms with Crippen molar-refractivity contribution in [1.82, 2.24) is 0 Å². The summed E-state index contributed by atoms with van der Waals surface area (Å²) in [5.41, 5.74) is 1.21. The molecule has 2 rings (SSSR count). The first-order chi connectivity index (χ1) is 7.20. The second kappa shape index (κ2) is 4.23. The molecule has 0 aromatic heterocycles. The third-order valence-corrected chi connectivity index (χ3v) is 3.37. The van der Waals surface area contributed by atoms with Gasteiger partial charge in [-0.1, -0.05) is 36.6 Å². The molecular weight excluding hydrogens is 212 g/mol. The SMILES string of the molecule is O=C(O)c1c(Cl)cccc1C1CCCC1. The van der Waals surface area contributed by atoms with Crippen molar-refractivity contribution in [2.75, 3.05) is 0 Å². The highest BCUT2D eigenvalue weighted by atomic mass is 35.5. The maximum Gasteiger partial charge on any atom is 0.337 e. The zero-order chi connectivity index (χ0) is 10.8. The van der Waals surface area contributed by atoms with E-state index in [9.17, 15) is 4.79 Å². The highest BCUT2D eigenvalue weighted by Crippen LogP contribution is 2.37. The maximum atomic E-state index is 11.1. The number of carbonyl (C=O) groups is 1. The fourth-order valence-corrected chi connectivity index (χ4v) is 2.61. The number of rotatable bonds is 2. The average Bonchev–Trinajstić information content (AvgIpc) is 2.69. The molecule has 0 aliphatic heterocycles. The van der Waals surface area contributed by atoms with Crippen molar-refractivity contribution < 1.29 is 9.90 Å². The van der Waals surface area contributed by atoms with Crippen LogP contribution in [0, 0.1) is 0 Å². The molecule has 0 amide bonds. The summed E-state index contributed by atoms with van der Waals surface area (Å²) >= 11 is 5.92. The van der Waals surface area contributed by atoms with Crippen molar-refractivity contribution in [3.63, 3.8) is 0 Å². The number of hydrogen-bond donors (Lipinski definition) is 1. The van der Waals surface area contributed by atoms with Crippen LogP contribution in [0.2, 0.25) is 5.02 Å². The van der Waals surface area contributed by atoms with Crippen LogP contribution in [0.5, 0.6) is 0 Å². The van der Waals surface area contributed by atoms with Gasteiger partial charge in [0.05, 0.1) is 10.6 Å². The van der Waals surface area contributed by atoms with E-state index in [1.165, 1.54) is 12.8 Å². The number of hydrogen-bond acceptors (Lipinski definition) is 1. The minimum absolute atomic E-state index is 0.297. The van der Waals surface area contributed by atoms with E-state index in [0.29, 0.717) is 16.5 Å². The molecule has 1 aliphatic rings. The van der Waals surface area contributed by atoms with E-state index < -0.39 is 5.97 Å². The first-order valence-electron chi connectivity index (χ1n) is 5.22. The van der Waals surface area contributed by atoms with E-state index in [4.69, 9.17) is 16.7 Å². The molecule has 1 aromatic carbocycles. The Bertz CT molecular complexity index is 381. The fraction of sp³-hybridized carbons (Fsp3) is 0.417. The van der Waals surface area contributed by atoms with E-state index in [2.05, 4.69) is 0 Å². The molecule has 1 saturated carbocycles. The number of benzene rings is 1. The fourth-order valence-electron chi connectivity index (χ4n) is 2.34. The summed E-state index contributed by atoms with van der Waals surface area (Å²) in [6.07, 6.45) is 4.55. The molecule has 0 spiro atoms. The maximum absolute atomic E-state index is 11.1. The van der Waals surface area contributed by atoms with E-state index in [1.54, 1.807) is 6.07 Å². The number of carboxylic acid groups (broad SMARTS) is 1. The Labute approximate surface area is 93.9 Å². The van der Waals surface area contributed by atoms with Crippen molar-refractivity contribution in [3.8, 4) is 0 Å². The second-order valence-corrected chi connectivity index (χ2v) is 4.40. The minimum Gasteiger partial charge on any atom is -0.478 e. The molecule has 0 bridgehead atoms. The Kier molecular flexibility index (Phi) is 2.96. The lowest BCUT2D eigenvalue weighted by molar-refractivity contribution is 0.0695. The Morgan fingerprint density at radius 2 is 2.00 bits per heavy atom. The molecule has 1 fully saturated rings. The molecule has 15 heavy (non-hydrogen) atoms. The first-order valence-corrected chi connectivity index (χ1v) is 5.59. The van der Waals surface area contributed by atoms with Crippen molar-refractivity contribution >= 4 is 17.6 Å². The Morgan fingerprint density at radius 1 is 1.33 bits per heavy atom. The third-order valence-electron chi connectivity index (χ3n) is 3.05. The van der Waals surface area contributed by atoms with Gasteiger partial charge in [-0.3, -0.25) is 0 Å². The number of carboxylic acids is 1. The molecule has 2 nitrogen and oxygen atoms in total. The summed E-state index contributed by atoms with van der Waals surface area (Å²) in [7, 11) is 0. The van der Waals surface area contributed by atoms with E-state index in [1.807, 2.05) is 12.1 Å². The monoisotopic (exact) mass is 224 g/mol. The molecule has 3 heteroatoms. The van der Waals surface area contributed by atoms with Crippen LogP contribution in [0.15, 0.2) is 18.2 Å². The summed E-state index contributed by atoms with van der Waals surface area (Å²) in [5.74, 6) is -0.530. The Hall–Kier alpha value is -1.02. The molecule has 1 aliphatic carbocycles. The van der Waals surface area contributed by atoms with Gasteiger partial charge in [-0.15, -0.1) is 0 Å². The Morgan fingerprint density at radius 3 is 2.60 bits per heavy atom. The van der Waals surface area contributed by atoms with Gasteiger partial charge in [0.25, 0.3) is 0 Å². The molecule has 0 saturated heterocycles. The van der Waals surface area contributed by atoms with E-state index >= 15 is 0 Å². The molecule has 0 heterocycles. The zero-order valence-electron chi connectivity index (χ0n) is 8.37. The summed E-state index contributed by atoms with van der Waals surface area (Å²) < 4.78 is 0. The van der Waals surface area contributed by atoms with Crippen LogP contribution in [-0.4, -0.2) is 11.1 Å². The highest BCUT2D eigenvalue weighted by molar-refractivity contribution is 6.33. The van der Waals surface area contributed by atoms with Gasteiger partial charge in [-0.25, -0.2) is 4.79 Å². The quantitative estimate of drug-likeness (QED) is 0.832. The van der Waals surface area contributed by atoms with E-state index in [0.717, 1.165) is 18.4 Å². The highest BCUT2D eigenvalue weighted by Gasteiger charge is 2.23. The van der Waals surface area contributed by atoms with Crippen LogP contribution in [0.25, 0.3) is 0 Å². The molecule has 1 N–H and O–H groups in total. The standard InChI is InChI=1S/C12H13ClO2/c13-10-7-3-6-9(11(10)12(14)15)8-4-1-2-5-8/h3,6-8H,1-2,4-5H2,(H,14,15). The van der Waals surface area contributed by atoms with Crippen LogP contribution < -0.4 is 0 Å². The lowest BCUT2D eigenvalue weighted by Crippen LogP contribution is -2.06.